The van der Waals surface area contributed by atoms with Gasteiger partial charge in [0.2, 0.25) is 0 Å². The molecule has 6 heteroatoms. The number of nitrogens with zero attached hydrogens (tertiary/aromatic N) is 1. The second-order valence-electron chi connectivity index (χ2n) is 5.00. The van der Waals surface area contributed by atoms with E-state index in [0.29, 0.717) is 54.8 Å². The van der Waals surface area contributed by atoms with E-state index >= 15 is 0 Å². The van der Waals surface area contributed by atoms with Crippen LogP contribution >= 0.6 is 23.2 Å². The van der Waals surface area contributed by atoms with E-state index < -0.39 is 5.79 Å². The lowest BCUT2D eigenvalue weighted by Crippen LogP contribution is -2.47. The second kappa shape index (κ2) is 5.53. The molecule has 2 aliphatic heterocycles. The van der Waals surface area contributed by atoms with Gasteiger partial charge in [0, 0.05) is 25.9 Å². The van der Waals surface area contributed by atoms with Crippen molar-refractivity contribution >= 4 is 29.1 Å². The van der Waals surface area contributed by atoms with E-state index in [-0.39, 0.29) is 5.91 Å². The van der Waals surface area contributed by atoms with Gasteiger partial charge in [-0.05, 0) is 12.1 Å². The molecule has 2 aliphatic rings. The van der Waals surface area contributed by atoms with Crippen LogP contribution in [-0.2, 0) is 9.47 Å². The van der Waals surface area contributed by atoms with E-state index in [4.69, 9.17) is 32.7 Å². The van der Waals surface area contributed by atoms with Gasteiger partial charge in [-0.25, -0.2) is 0 Å². The molecule has 0 unspecified atom stereocenters. The maximum Gasteiger partial charge on any atom is 0.256 e. The summed E-state index contributed by atoms with van der Waals surface area (Å²) in [4.78, 5) is 14.3. The van der Waals surface area contributed by atoms with Crippen molar-refractivity contribution in [2.45, 2.75) is 18.6 Å². The summed E-state index contributed by atoms with van der Waals surface area (Å²) in [6, 6.07) is 5.08. The molecule has 0 atom stereocenters. The number of benzene rings is 1. The number of hydrogen-bond donors (Lipinski definition) is 0. The van der Waals surface area contributed by atoms with Crippen molar-refractivity contribution < 1.29 is 14.3 Å². The van der Waals surface area contributed by atoms with Gasteiger partial charge in [0.15, 0.2) is 5.79 Å². The molecule has 2 fully saturated rings. The maximum absolute atomic E-state index is 12.5. The van der Waals surface area contributed by atoms with Crippen LogP contribution in [0, 0.1) is 0 Å². The molecule has 0 saturated carbocycles. The van der Waals surface area contributed by atoms with Crippen molar-refractivity contribution in [3.63, 3.8) is 0 Å². The smallest absolute Gasteiger partial charge is 0.256 e. The molecule has 0 aromatic heterocycles. The Kier molecular flexibility index (Phi) is 3.91. The Morgan fingerprint density at radius 1 is 1.10 bits per heavy atom. The van der Waals surface area contributed by atoms with Crippen LogP contribution in [0.3, 0.4) is 0 Å². The highest BCUT2D eigenvalue weighted by atomic mass is 35.5. The molecular formula is C14H15Cl2NO3. The Labute approximate surface area is 127 Å². The van der Waals surface area contributed by atoms with Crippen LogP contribution in [0.4, 0.5) is 0 Å². The van der Waals surface area contributed by atoms with Crippen molar-refractivity contribution in [2.24, 2.45) is 0 Å². The van der Waals surface area contributed by atoms with Gasteiger partial charge in [0.05, 0.1) is 28.8 Å². The molecule has 0 N–H and O–H groups in total. The Hall–Kier alpha value is -0.810. The van der Waals surface area contributed by atoms with Crippen molar-refractivity contribution in [3.05, 3.63) is 33.8 Å². The van der Waals surface area contributed by atoms with Crippen LogP contribution in [0.1, 0.15) is 23.2 Å². The van der Waals surface area contributed by atoms with E-state index in [9.17, 15) is 4.79 Å². The number of rotatable bonds is 1. The predicted octanol–water partition coefficient (Wildman–Crippen LogP) is 2.97. The van der Waals surface area contributed by atoms with Gasteiger partial charge in [0.1, 0.15) is 0 Å². The minimum Gasteiger partial charge on any atom is -0.347 e. The monoisotopic (exact) mass is 315 g/mol. The fourth-order valence-electron chi connectivity index (χ4n) is 2.70. The van der Waals surface area contributed by atoms with Gasteiger partial charge in [-0.1, -0.05) is 29.3 Å². The van der Waals surface area contributed by atoms with E-state index in [0.717, 1.165) is 0 Å². The number of piperidine rings is 1. The number of carbonyl (C=O) groups excluding carboxylic acids is 1. The molecule has 1 amide bonds. The number of halogens is 2. The Balaban J connectivity index is 1.73. The standard InChI is InChI=1S/C14H15Cl2NO3/c15-10-2-1-3-11(16)12(10)13(18)17-6-4-14(5-7-17)19-8-9-20-14/h1-3H,4-9H2. The zero-order chi connectivity index (χ0) is 14.2. The fourth-order valence-corrected chi connectivity index (χ4v) is 3.26. The van der Waals surface area contributed by atoms with Crippen molar-refractivity contribution in [2.75, 3.05) is 26.3 Å². The highest BCUT2D eigenvalue weighted by Gasteiger charge is 2.41. The molecule has 0 radical (unpaired) electrons. The first-order valence-electron chi connectivity index (χ1n) is 6.62. The molecular weight excluding hydrogens is 301 g/mol. The summed E-state index contributed by atoms with van der Waals surface area (Å²) in [7, 11) is 0. The van der Waals surface area contributed by atoms with Crippen LogP contribution < -0.4 is 0 Å². The largest absolute Gasteiger partial charge is 0.347 e. The summed E-state index contributed by atoms with van der Waals surface area (Å²) in [6.45, 7) is 2.43. The lowest BCUT2D eigenvalue weighted by atomic mass is 10.0. The van der Waals surface area contributed by atoms with Crippen LogP contribution in [-0.4, -0.2) is 42.9 Å². The van der Waals surface area contributed by atoms with Gasteiger partial charge in [-0.15, -0.1) is 0 Å². The minimum atomic E-state index is -0.485. The lowest BCUT2D eigenvalue weighted by Gasteiger charge is -2.37. The summed E-state index contributed by atoms with van der Waals surface area (Å²) in [5.41, 5.74) is 0.375. The number of hydrogen-bond acceptors (Lipinski definition) is 3. The third-order valence-electron chi connectivity index (χ3n) is 3.80. The van der Waals surface area contributed by atoms with Crippen molar-refractivity contribution in [1.29, 1.82) is 0 Å². The molecule has 0 aliphatic carbocycles. The number of amides is 1. The topological polar surface area (TPSA) is 38.8 Å². The van der Waals surface area contributed by atoms with Gasteiger partial charge < -0.3 is 14.4 Å². The predicted molar refractivity (Wildman–Crippen MR) is 76.2 cm³/mol. The third kappa shape index (κ3) is 2.53. The quantitative estimate of drug-likeness (QED) is 0.799. The van der Waals surface area contributed by atoms with Gasteiger partial charge >= 0.3 is 0 Å². The van der Waals surface area contributed by atoms with Crippen LogP contribution in [0.5, 0.6) is 0 Å². The van der Waals surface area contributed by atoms with E-state index in [2.05, 4.69) is 0 Å². The molecule has 2 heterocycles. The number of ether oxygens (including phenoxy) is 2. The highest BCUT2D eigenvalue weighted by molar-refractivity contribution is 6.39. The highest BCUT2D eigenvalue weighted by Crippen LogP contribution is 2.33. The minimum absolute atomic E-state index is 0.131. The van der Waals surface area contributed by atoms with E-state index in [1.54, 1.807) is 23.1 Å². The van der Waals surface area contributed by atoms with Gasteiger partial charge in [0.25, 0.3) is 5.91 Å². The Bertz CT molecular complexity index is 499. The SMILES string of the molecule is O=C(c1c(Cl)cccc1Cl)N1CCC2(CC1)OCCO2. The molecule has 4 nitrogen and oxygen atoms in total. The normalized spacial score (nSPS) is 21.4. The third-order valence-corrected chi connectivity index (χ3v) is 4.43. The Morgan fingerprint density at radius 2 is 1.65 bits per heavy atom. The van der Waals surface area contributed by atoms with Crippen LogP contribution in [0.25, 0.3) is 0 Å². The molecule has 0 bridgehead atoms. The lowest BCUT2D eigenvalue weighted by molar-refractivity contribution is -0.181. The van der Waals surface area contributed by atoms with Crippen molar-refractivity contribution in [3.8, 4) is 0 Å². The molecule has 1 spiro atoms. The fraction of sp³-hybridized carbons (Fsp3) is 0.500. The Morgan fingerprint density at radius 3 is 2.20 bits per heavy atom. The van der Waals surface area contributed by atoms with Gasteiger partial charge in [-0.3, -0.25) is 4.79 Å². The number of likely N-dealkylation sites (tertiary alicyclic amines) is 1. The average Bonchev–Trinajstić information content (AvgIpc) is 2.87. The second-order valence-corrected chi connectivity index (χ2v) is 5.81. The van der Waals surface area contributed by atoms with Crippen molar-refractivity contribution in [1.82, 2.24) is 4.90 Å². The van der Waals surface area contributed by atoms with Gasteiger partial charge in [-0.2, -0.15) is 0 Å². The number of carbonyl (C=O) groups is 1. The maximum atomic E-state index is 12.5. The molecule has 3 rings (SSSR count). The summed E-state index contributed by atoms with van der Waals surface area (Å²) in [5.74, 6) is -0.616. The summed E-state index contributed by atoms with van der Waals surface area (Å²) >= 11 is 12.2. The molecule has 20 heavy (non-hydrogen) atoms. The summed E-state index contributed by atoms with van der Waals surface area (Å²) in [6.07, 6.45) is 1.36. The summed E-state index contributed by atoms with van der Waals surface area (Å²) in [5, 5.41) is 0.771. The van der Waals surface area contributed by atoms with Crippen LogP contribution in [0.15, 0.2) is 18.2 Å². The summed E-state index contributed by atoms with van der Waals surface area (Å²) < 4.78 is 11.3. The van der Waals surface area contributed by atoms with E-state index in [1.165, 1.54) is 0 Å². The molecule has 108 valence electrons. The molecule has 1 aromatic rings. The van der Waals surface area contributed by atoms with E-state index in [1.807, 2.05) is 0 Å². The average molecular weight is 316 g/mol. The zero-order valence-corrected chi connectivity index (χ0v) is 12.4. The first-order chi connectivity index (χ1) is 9.61. The first-order valence-corrected chi connectivity index (χ1v) is 7.38. The molecule has 1 aromatic carbocycles. The van der Waals surface area contributed by atoms with Crippen LogP contribution in [0.2, 0.25) is 10.0 Å². The first kappa shape index (κ1) is 14.1. The molecule has 2 saturated heterocycles. The zero-order valence-electron chi connectivity index (χ0n) is 10.9.